The molecule has 1 aromatic carbocycles. The van der Waals surface area contributed by atoms with E-state index in [1.807, 2.05) is 44.8 Å². The maximum absolute atomic E-state index is 15.1. The van der Waals surface area contributed by atoms with Crippen LogP contribution in [0.1, 0.15) is 57.1 Å². The number of carbonyl (C=O) groups is 1. The van der Waals surface area contributed by atoms with Crippen LogP contribution in [0.3, 0.4) is 0 Å². The summed E-state index contributed by atoms with van der Waals surface area (Å²) in [6, 6.07) is 5.54. The smallest absolute Gasteiger partial charge is 0.373 e. The molecule has 4 bridgehead atoms. The predicted molar refractivity (Wildman–Crippen MR) is 136 cm³/mol. The van der Waals surface area contributed by atoms with Gasteiger partial charge < -0.3 is 18.2 Å². The Balaban J connectivity index is 1.99. The third-order valence-corrected chi connectivity index (χ3v) is 11.6. The first-order chi connectivity index (χ1) is 15.9. The molecule has 0 heterocycles. The summed E-state index contributed by atoms with van der Waals surface area (Å²) in [6.07, 6.45) is 5.10. The van der Waals surface area contributed by atoms with Crippen LogP contribution >= 0.6 is 7.60 Å². The molecule has 0 saturated heterocycles. The lowest BCUT2D eigenvalue weighted by Gasteiger charge is -2.46. The molecule has 0 radical (unpaired) electrons. The Kier molecular flexibility index (Phi) is 7.02. The van der Waals surface area contributed by atoms with Crippen LogP contribution in [-0.2, 0) is 28.2 Å². The van der Waals surface area contributed by atoms with Gasteiger partial charge in [-0.25, -0.2) is 0 Å². The standard InChI is InChI=1S/C26H41O6PSi/c1-8-30-33(28,31-9-2)26(32-34(5,6)7,21-10-11-23(29-4)18(3)12-21)24(27)25-16-19-13-20(17-25)15-22(25)14-19/h10-12,19-20,22H,8-9,13-17H2,1-7H3. The van der Waals surface area contributed by atoms with Gasteiger partial charge in [-0.2, -0.15) is 0 Å². The second-order valence-corrected chi connectivity index (χ2v) is 18.0. The number of benzene rings is 1. The van der Waals surface area contributed by atoms with E-state index in [1.165, 1.54) is 6.42 Å². The van der Waals surface area contributed by atoms with Gasteiger partial charge in [0.1, 0.15) is 5.75 Å². The lowest BCUT2D eigenvalue weighted by atomic mass is 9.70. The minimum Gasteiger partial charge on any atom is -0.496 e. The molecule has 0 spiro atoms. The van der Waals surface area contributed by atoms with Crippen LogP contribution in [0.4, 0.5) is 0 Å². The maximum atomic E-state index is 15.1. The number of hydrogen-bond acceptors (Lipinski definition) is 6. The first-order valence-electron chi connectivity index (χ1n) is 12.7. The molecule has 4 aliphatic carbocycles. The van der Waals surface area contributed by atoms with Gasteiger partial charge in [-0.3, -0.25) is 9.36 Å². The summed E-state index contributed by atoms with van der Waals surface area (Å²) >= 11 is 0. The van der Waals surface area contributed by atoms with Gasteiger partial charge in [-0.1, -0.05) is 6.07 Å². The normalized spacial score (nSPS) is 29.9. The molecule has 3 unspecified atom stereocenters. The molecule has 4 saturated carbocycles. The van der Waals surface area contributed by atoms with Gasteiger partial charge >= 0.3 is 7.60 Å². The molecule has 190 valence electrons. The fourth-order valence-corrected chi connectivity index (χ4v) is 11.6. The van der Waals surface area contributed by atoms with Crippen molar-refractivity contribution in [2.24, 2.45) is 23.2 Å². The van der Waals surface area contributed by atoms with Crippen molar-refractivity contribution in [3.05, 3.63) is 29.3 Å². The van der Waals surface area contributed by atoms with Crippen molar-refractivity contribution in [3.8, 4) is 5.75 Å². The molecule has 4 aliphatic rings. The van der Waals surface area contributed by atoms with Crippen molar-refractivity contribution in [3.63, 3.8) is 0 Å². The number of methoxy groups -OCH3 is 1. The molecule has 34 heavy (non-hydrogen) atoms. The van der Waals surface area contributed by atoms with Crippen LogP contribution in [0.15, 0.2) is 18.2 Å². The van der Waals surface area contributed by atoms with Crippen LogP contribution in [-0.4, -0.2) is 34.4 Å². The van der Waals surface area contributed by atoms with Gasteiger partial charge in [0.2, 0.25) is 5.34 Å². The molecule has 0 aromatic heterocycles. The minimum atomic E-state index is -4.07. The lowest BCUT2D eigenvalue weighted by molar-refractivity contribution is -0.143. The van der Waals surface area contributed by atoms with Crippen molar-refractivity contribution in [1.82, 2.24) is 0 Å². The summed E-state index contributed by atoms with van der Waals surface area (Å²) in [5.74, 6) is 2.10. The Morgan fingerprint density at radius 2 is 1.68 bits per heavy atom. The molecule has 1 aromatic rings. The molecule has 0 N–H and O–H groups in total. The van der Waals surface area contributed by atoms with E-state index in [1.54, 1.807) is 21.0 Å². The SMILES string of the molecule is CCOP(=O)(OCC)C(O[Si](C)(C)C)(C(=O)C12CC3CC(CC1C3)C2)c1ccc(OC)c(C)c1. The van der Waals surface area contributed by atoms with Gasteiger partial charge in [0.15, 0.2) is 14.1 Å². The van der Waals surface area contributed by atoms with Crippen LogP contribution in [0.2, 0.25) is 19.6 Å². The highest BCUT2D eigenvalue weighted by molar-refractivity contribution is 7.56. The topological polar surface area (TPSA) is 71.1 Å². The third-order valence-electron chi connectivity index (χ3n) is 7.97. The monoisotopic (exact) mass is 508 g/mol. The van der Waals surface area contributed by atoms with Crippen LogP contribution in [0.25, 0.3) is 0 Å². The molecule has 5 rings (SSSR count). The summed E-state index contributed by atoms with van der Waals surface area (Å²) in [7, 11) is -4.88. The highest BCUT2D eigenvalue weighted by Crippen LogP contribution is 2.74. The molecule has 0 aliphatic heterocycles. The van der Waals surface area contributed by atoms with Crippen LogP contribution < -0.4 is 4.74 Å². The molecule has 0 amide bonds. The summed E-state index contributed by atoms with van der Waals surface area (Å²) in [4.78, 5) is 15.1. The Morgan fingerprint density at radius 1 is 1.09 bits per heavy atom. The number of carbonyl (C=O) groups excluding carboxylic acids is 1. The van der Waals surface area contributed by atoms with Crippen molar-refractivity contribution >= 4 is 21.7 Å². The zero-order valence-corrected chi connectivity index (χ0v) is 23.7. The van der Waals surface area contributed by atoms with Crippen molar-refractivity contribution < 1.29 is 27.6 Å². The van der Waals surface area contributed by atoms with Gasteiger partial charge in [0.25, 0.3) is 0 Å². The Labute approximate surface area is 205 Å². The highest BCUT2D eigenvalue weighted by atomic mass is 31.2. The molecule has 6 nitrogen and oxygen atoms in total. The molecule has 4 fully saturated rings. The first kappa shape index (κ1) is 26.1. The van der Waals surface area contributed by atoms with Crippen molar-refractivity contribution in [2.75, 3.05) is 20.3 Å². The molecular formula is C26H41O6PSi. The molecule has 8 heteroatoms. The van der Waals surface area contributed by atoms with E-state index in [2.05, 4.69) is 0 Å². The number of ketones is 1. The van der Waals surface area contributed by atoms with Gasteiger partial charge in [0, 0.05) is 11.0 Å². The summed E-state index contributed by atoms with van der Waals surface area (Å²) in [5, 5.41) is -1.79. The number of hydrogen-bond donors (Lipinski definition) is 0. The third kappa shape index (κ3) is 4.06. The first-order valence-corrected chi connectivity index (χ1v) is 17.7. The molecule has 3 atom stereocenters. The summed E-state index contributed by atoms with van der Waals surface area (Å²) < 4.78 is 39.2. The minimum absolute atomic E-state index is 0.0769. The Bertz CT molecular complexity index is 964. The highest BCUT2D eigenvalue weighted by Gasteiger charge is 2.71. The van der Waals surface area contributed by atoms with Crippen molar-refractivity contribution in [1.29, 1.82) is 0 Å². The van der Waals surface area contributed by atoms with E-state index in [0.29, 0.717) is 29.1 Å². The average molecular weight is 509 g/mol. The molecular weight excluding hydrogens is 467 g/mol. The van der Waals surface area contributed by atoms with Crippen LogP contribution in [0.5, 0.6) is 5.75 Å². The lowest BCUT2D eigenvalue weighted by Crippen LogP contribution is -2.53. The van der Waals surface area contributed by atoms with E-state index in [4.69, 9.17) is 18.2 Å². The zero-order chi connectivity index (χ0) is 24.9. The second kappa shape index (κ2) is 9.15. The zero-order valence-electron chi connectivity index (χ0n) is 21.8. The van der Waals surface area contributed by atoms with Crippen LogP contribution in [0, 0.1) is 30.1 Å². The second-order valence-electron chi connectivity index (χ2n) is 11.4. The van der Waals surface area contributed by atoms with E-state index in [9.17, 15) is 4.57 Å². The van der Waals surface area contributed by atoms with E-state index in [-0.39, 0.29) is 19.0 Å². The fraction of sp³-hybridized carbons (Fsp3) is 0.731. The van der Waals surface area contributed by atoms with E-state index < -0.39 is 26.7 Å². The van der Waals surface area contributed by atoms with Gasteiger partial charge in [-0.15, -0.1) is 0 Å². The van der Waals surface area contributed by atoms with Crippen molar-refractivity contribution in [2.45, 2.75) is 77.9 Å². The maximum Gasteiger partial charge on any atom is 0.373 e. The van der Waals surface area contributed by atoms with Gasteiger partial charge in [0.05, 0.1) is 20.3 Å². The van der Waals surface area contributed by atoms with Gasteiger partial charge in [-0.05, 0) is 108 Å². The number of ether oxygens (including phenoxy) is 1. The fourth-order valence-electron chi connectivity index (χ4n) is 7.17. The Morgan fingerprint density at radius 3 is 2.15 bits per heavy atom. The van der Waals surface area contributed by atoms with E-state index >= 15 is 4.79 Å². The average Bonchev–Trinajstić information content (AvgIpc) is 3.15. The number of Topliss-reactive ketones (excluding diaryl/α,β-unsaturated/α-hetero) is 1. The Hall–Kier alpha value is -0.983. The number of aryl methyl sites for hydroxylation is 1. The predicted octanol–water partition coefficient (Wildman–Crippen LogP) is 6.67. The largest absolute Gasteiger partial charge is 0.496 e. The van der Waals surface area contributed by atoms with E-state index in [0.717, 1.165) is 31.2 Å². The number of rotatable bonds is 11. The summed E-state index contributed by atoms with van der Waals surface area (Å²) in [5.41, 5.74) is 0.889. The summed E-state index contributed by atoms with van der Waals surface area (Å²) in [6.45, 7) is 11.9. The quantitative estimate of drug-likeness (QED) is 0.246.